The summed E-state index contributed by atoms with van der Waals surface area (Å²) in [5.41, 5.74) is 1.22. The van der Waals surface area contributed by atoms with Gasteiger partial charge in [0.05, 0.1) is 17.3 Å². The van der Waals surface area contributed by atoms with E-state index >= 15 is 0 Å². The number of halogens is 2. The topological polar surface area (TPSA) is 95.8 Å². The molecular weight excluding hydrogens is 471 g/mol. The second-order valence-corrected chi connectivity index (χ2v) is 9.82. The smallest absolute Gasteiger partial charge is 0.263 e. The van der Waals surface area contributed by atoms with Gasteiger partial charge in [0.2, 0.25) is 0 Å². The second-order valence-electron chi connectivity index (χ2n) is 7.76. The van der Waals surface area contributed by atoms with Crippen LogP contribution >= 0.6 is 11.6 Å². The summed E-state index contributed by atoms with van der Waals surface area (Å²) in [5.74, 6) is 0.00755. The van der Waals surface area contributed by atoms with Crippen molar-refractivity contribution in [3.63, 3.8) is 0 Å². The predicted octanol–water partition coefficient (Wildman–Crippen LogP) is 3.53. The first-order chi connectivity index (χ1) is 15.7. The molecule has 0 radical (unpaired) electrons. The molecule has 3 aromatic rings. The van der Waals surface area contributed by atoms with Crippen LogP contribution in [-0.4, -0.2) is 55.5 Å². The van der Waals surface area contributed by atoms with Crippen molar-refractivity contribution in [3.05, 3.63) is 76.4 Å². The van der Waals surface area contributed by atoms with Crippen molar-refractivity contribution in [3.8, 4) is 0 Å². The van der Waals surface area contributed by atoms with Crippen LogP contribution in [0.25, 0.3) is 0 Å². The minimum absolute atomic E-state index is 0.0201. The maximum absolute atomic E-state index is 13.1. The van der Waals surface area contributed by atoms with E-state index in [0.717, 1.165) is 23.6 Å². The molecule has 2 aromatic carbocycles. The van der Waals surface area contributed by atoms with Crippen molar-refractivity contribution >= 4 is 33.2 Å². The lowest BCUT2D eigenvalue weighted by atomic mass is 10.2. The molecule has 1 aromatic heterocycles. The number of nitrogens with one attached hydrogen (secondary N) is 1. The summed E-state index contributed by atoms with van der Waals surface area (Å²) in [4.78, 5) is 16.6. The number of rotatable bonds is 6. The van der Waals surface area contributed by atoms with Crippen LogP contribution in [0.1, 0.15) is 21.8 Å². The molecule has 0 atom stereocenters. The van der Waals surface area contributed by atoms with Crippen molar-refractivity contribution in [2.45, 2.75) is 18.4 Å². The van der Waals surface area contributed by atoms with E-state index in [4.69, 9.17) is 16.1 Å². The highest BCUT2D eigenvalue weighted by Gasteiger charge is 2.25. The molecule has 0 bridgehead atoms. The van der Waals surface area contributed by atoms with E-state index in [2.05, 4.69) is 14.8 Å². The van der Waals surface area contributed by atoms with E-state index in [-0.39, 0.29) is 27.1 Å². The van der Waals surface area contributed by atoms with Gasteiger partial charge in [-0.25, -0.2) is 12.8 Å². The van der Waals surface area contributed by atoms with Gasteiger partial charge in [0, 0.05) is 43.5 Å². The Morgan fingerprint density at radius 2 is 1.82 bits per heavy atom. The largest absolute Gasteiger partial charge is 0.360 e. The Hall–Kier alpha value is -2.95. The highest BCUT2D eigenvalue weighted by Crippen LogP contribution is 2.26. The fourth-order valence-electron chi connectivity index (χ4n) is 3.57. The zero-order chi connectivity index (χ0) is 23.6. The summed E-state index contributed by atoms with van der Waals surface area (Å²) in [7, 11) is -4.08. The van der Waals surface area contributed by atoms with Crippen molar-refractivity contribution in [1.29, 1.82) is 0 Å². The average molecular weight is 493 g/mol. The minimum Gasteiger partial charge on any atom is -0.360 e. The molecule has 2 heterocycles. The molecule has 8 nitrogen and oxygen atoms in total. The monoisotopic (exact) mass is 492 g/mol. The molecule has 1 aliphatic heterocycles. The van der Waals surface area contributed by atoms with Gasteiger partial charge < -0.3 is 9.42 Å². The molecule has 1 N–H and O–H groups in total. The summed E-state index contributed by atoms with van der Waals surface area (Å²) >= 11 is 6.14. The standard InChI is InChI=1S/C22H22ClFN4O4S/c1-15-12-19(32-25-15)14-27-8-10-28(11-9-27)22(29)16-2-7-20(23)21(13-16)33(30,31)26-18-5-3-17(24)4-6-18/h2-7,12-13,26H,8-11,14H2,1H3. The number of amides is 1. The summed E-state index contributed by atoms with van der Waals surface area (Å²) in [5, 5.41) is 3.86. The molecular formula is C22H22ClFN4O4S. The molecule has 174 valence electrons. The molecule has 1 saturated heterocycles. The number of carbonyl (C=O) groups excluding carboxylic acids is 1. The van der Waals surface area contributed by atoms with Gasteiger partial charge in [-0.1, -0.05) is 16.8 Å². The number of anilines is 1. The Morgan fingerprint density at radius 1 is 1.12 bits per heavy atom. The number of benzene rings is 2. The van der Waals surface area contributed by atoms with Gasteiger partial charge in [-0.2, -0.15) is 0 Å². The minimum atomic E-state index is -4.08. The maximum Gasteiger partial charge on any atom is 0.263 e. The number of hydrogen-bond donors (Lipinski definition) is 1. The quantitative estimate of drug-likeness (QED) is 0.565. The van der Waals surface area contributed by atoms with E-state index in [1.807, 2.05) is 13.0 Å². The van der Waals surface area contributed by atoms with E-state index in [1.165, 1.54) is 30.3 Å². The van der Waals surface area contributed by atoms with Crippen LogP contribution in [0.15, 0.2) is 57.9 Å². The third-order valence-electron chi connectivity index (χ3n) is 5.28. The summed E-state index contributed by atoms with van der Waals surface area (Å²) in [6.07, 6.45) is 0. The highest BCUT2D eigenvalue weighted by atomic mass is 35.5. The molecule has 1 aliphatic rings. The number of sulfonamides is 1. The number of hydrogen-bond acceptors (Lipinski definition) is 6. The maximum atomic E-state index is 13.1. The van der Waals surface area contributed by atoms with E-state index in [9.17, 15) is 17.6 Å². The van der Waals surface area contributed by atoms with Gasteiger partial charge >= 0.3 is 0 Å². The molecule has 0 unspecified atom stereocenters. The Bertz CT molecular complexity index is 1260. The zero-order valence-corrected chi connectivity index (χ0v) is 19.4. The molecule has 4 rings (SSSR count). The summed E-state index contributed by atoms with van der Waals surface area (Å²) < 4.78 is 46.4. The fraction of sp³-hybridized carbons (Fsp3) is 0.273. The summed E-state index contributed by atoms with van der Waals surface area (Å²) in [6.45, 7) is 4.75. The number of nitrogens with zero attached hydrogens (tertiary/aromatic N) is 3. The Balaban J connectivity index is 1.44. The molecule has 11 heteroatoms. The lowest BCUT2D eigenvalue weighted by Crippen LogP contribution is -2.48. The van der Waals surface area contributed by atoms with Gasteiger partial charge in [-0.05, 0) is 49.4 Å². The predicted molar refractivity (Wildman–Crippen MR) is 121 cm³/mol. The van der Waals surface area contributed by atoms with Crippen LogP contribution in [0.3, 0.4) is 0 Å². The van der Waals surface area contributed by atoms with Gasteiger partial charge in [-0.3, -0.25) is 14.4 Å². The SMILES string of the molecule is Cc1cc(CN2CCN(C(=O)c3ccc(Cl)c(S(=O)(=O)Nc4ccc(F)cc4)c3)CC2)on1. The zero-order valence-electron chi connectivity index (χ0n) is 17.8. The first-order valence-electron chi connectivity index (χ1n) is 10.2. The molecule has 0 saturated carbocycles. The lowest BCUT2D eigenvalue weighted by molar-refractivity contribution is 0.0617. The number of aromatic nitrogens is 1. The lowest BCUT2D eigenvalue weighted by Gasteiger charge is -2.34. The average Bonchev–Trinajstić information content (AvgIpc) is 3.20. The third-order valence-corrected chi connectivity index (χ3v) is 7.14. The fourth-order valence-corrected chi connectivity index (χ4v) is 5.16. The summed E-state index contributed by atoms with van der Waals surface area (Å²) in [6, 6.07) is 10.9. The number of aryl methyl sites for hydroxylation is 1. The van der Waals surface area contributed by atoms with Crippen LogP contribution in [0.2, 0.25) is 5.02 Å². The van der Waals surface area contributed by atoms with Crippen molar-refractivity contribution in [2.24, 2.45) is 0 Å². The molecule has 1 fully saturated rings. The molecule has 0 spiro atoms. The first-order valence-corrected chi connectivity index (χ1v) is 12.1. The van der Waals surface area contributed by atoms with Crippen LogP contribution < -0.4 is 4.72 Å². The second kappa shape index (κ2) is 9.50. The van der Waals surface area contributed by atoms with Crippen molar-refractivity contribution in [1.82, 2.24) is 15.0 Å². The third kappa shape index (κ3) is 5.52. The van der Waals surface area contributed by atoms with Crippen LogP contribution in [0.5, 0.6) is 0 Å². The van der Waals surface area contributed by atoms with Gasteiger partial charge in [-0.15, -0.1) is 0 Å². The van der Waals surface area contributed by atoms with Crippen LogP contribution in [0.4, 0.5) is 10.1 Å². The van der Waals surface area contributed by atoms with Gasteiger partial charge in [0.1, 0.15) is 10.7 Å². The van der Waals surface area contributed by atoms with E-state index < -0.39 is 15.8 Å². The van der Waals surface area contributed by atoms with Crippen molar-refractivity contribution in [2.75, 3.05) is 30.9 Å². The van der Waals surface area contributed by atoms with Crippen LogP contribution in [0, 0.1) is 12.7 Å². The Kier molecular flexibility index (Phi) is 6.68. The van der Waals surface area contributed by atoms with Crippen molar-refractivity contribution < 1.29 is 22.1 Å². The van der Waals surface area contributed by atoms with Gasteiger partial charge in [0.25, 0.3) is 15.9 Å². The van der Waals surface area contributed by atoms with E-state index in [0.29, 0.717) is 32.7 Å². The Labute approximate surface area is 196 Å². The van der Waals surface area contributed by atoms with Gasteiger partial charge in [0.15, 0.2) is 5.76 Å². The number of piperazine rings is 1. The molecule has 0 aliphatic carbocycles. The van der Waals surface area contributed by atoms with Crippen LogP contribution in [-0.2, 0) is 16.6 Å². The first kappa shape index (κ1) is 23.2. The molecule has 1 amide bonds. The Morgan fingerprint density at radius 3 is 2.45 bits per heavy atom. The molecule has 33 heavy (non-hydrogen) atoms. The highest BCUT2D eigenvalue weighted by molar-refractivity contribution is 7.92. The normalized spacial score (nSPS) is 14.9. The number of carbonyl (C=O) groups is 1. The van der Waals surface area contributed by atoms with E-state index in [1.54, 1.807) is 4.90 Å².